The topological polar surface area (TPSA) is 156 Å². The molecule has 10 nitrogen and oxygen atoms in total. The van der Waals surface area contributed by atoms with E-state index in [9.17, 15) is 24.8 Å². The second-order valence-corrected chi connectivity index (χ2v) is 16.7. The van der Waals surface area contributed by atoms with Crippen LogP contribution in [0.2, 0.25) is 24.8 Å². The van der Waals surface area contributed by atoms with Crippen molar-refractivity contribution in [1.29, 1.82) is 10.5 Å². The van der Waals surface area contributed by atoms with Gasteiger partial charge in [0.1, 0.15) is 0 Å². The van der Waals surface area contributed by atoms with Gasteiger partial charge >= 0.3 is 298 Å². The molecule has 48 heavy (non-hydrogen) atoms. The Hall–Kier alpha value is -2.89. The van der Waals surface area contributed by atoms with Crippen molar-refractivity contribution in [2.24, 2.45) is 5.41 Å². The van der Waals surface area contributed by atoms with Crippen LogP contribution in [0.25, 0.3) is 0 Å². The van der Waals surface area contributed by atoms with Crippen molar-refractivity contribution in [3.63, 3.8) is 0 Å². The molecule has 0 fully saturated rings. The number of nitriles is 2. The van der Waals surface area contributed by atoms with E-state index in [0.29, 0.717) is 40.5 Å². The third kappa shape index (κ3) is 12.2. The Morgan fingerprint density at radius 2 is 1.44 bits per heavy atom. The van der Waals surface area contributed by atoms with Gasteiger partial charge in [-0.15, -0.1) is 0 Å². The number of esters is 3. The standard InChI is InChI=1S/C15H15N2O3.C9H11.C6H10O3.C5H8O2.3Co/c1-15(2,3)14(18)20-7-6-19-13-5-4-11(9-16)12(8-13)10-17;1-2-6-9-7-4-3-5-8-9;1-5(2)6(8)9-4-3-7;1-4(2)5(6)7-3;;;/h4-5,8H,1,6-7H2,2-3H3;3-8H,2H2,1H3;7H,1,3-4H2,2H3;1H2,2-3H3;;;. The maximum absolute atomic E-state index is 13.4. The fourth-order valence-corrected chi connectivity index (χ4v) is 9.24. The van der Waals surface area contributed by atoms with Crippen molar-refractivity contribution < 1.29 is 82.5 Å². The van der Waals surface area contributed by atoms with Gasteiger partial charge in [0, 0.05) is 0 Å². The minimum atomic E-state index is -1.10. The van der Waals surface area contributed by atoms with Crippen LogP contribution in [0.5, 0.6) is 5.75 Å². The van der Waals surface area contributed by atoms with Crippen LogP contribution < -0.4 is 4.74 Å². The van der Waals surface area contributed by atoms with E-state index < -0.39 is 26.1 Å². The van der Waals surface area contributed by atoms with Crippen LogP contribution in [0.3, 0.4) is 0 Å². The van der Waals surface area contributed by atoms with Gasteiger partial charge in [-0.3, -0.25) is 0 Å². The molecule has 0 heterocycles. The van der Waals surface area contributed by atoms with Crippen LogP contribution in [0.4, 0.5) is 0 Å². The van der Waals surface area contributed by atoms with Gasteiger partial charge in [-0.1, -0.05) is 0 Å². The van der Waals surface area contributed by atoms with Gasteiger partial charge in [-0.2, -0.15) is 5.26 Å². The molecule has 13 heteroatoms. The molecule has 0 aliphatic heterocycles. The molecule has 2 aromatic carbocycles. The summed E-state index contributed by atoms with van der Waals surface area (Å²) >= 11 is 2.45. The predicted molar refractivity (Wildman–Crippen MR) is 167 cm³/mol. The number of rotatable bonds is 20. The predicted octanol–water partition coefficient (Wildman–Crippen LogP) is 6.10. The third-order valence-electron chi connectivity index (χ3n) is 6.80. The molecule has 0 spiro atoms. The van der Waals surface area contributed by atoms with E-state index in [-0.39, 0.29) is 59.1 Å². The zero-order valence-electron chi connectivity index (χ0n) is 28.1. The molecule has 2 aromatic rings. The minimum absolute atomic E-state index is 0.0362. The first-order chi connectivity index (χ1) is 22.8. The van der Waals surface area contributed by atoms with Gasteiger partial charge in [-0.05, 0) is 0 Å². The van der Waals surface area contributed by atoms with Crippen LogP contribution in [0, 0.1) is 28.1 Å². The summed E-state index contributed by atoms with van der Waals surface area (Å²) in [5.41, 5.74) is 0.648. The number of carbonyl (C=O) groups excluding carboxylic acids is 3. The SMILES string of the molecule is CC[CH]([Co][CH2][C](C)([Co][CH2][C](C)([Co][CH2]C(C)(C)C(=O)OCCOc1ccc(C#N)c(C#N)c1)C(=O)OCCO)C(=O)OC)c1ccccc1. The number of aliphatic hydroxyl groups excluding tert-OH is 1. The second kappa shape index (κ2) is 19.9. The Kier molecular flexibility index (Phi) is 17.2. The molecule has 269 valence electrons. The molecule has 3 atom stereocenters. The Labute approximate surface area is 302 Å². The molecule has 3 unspecified atom stereocenters. The van der Waals surface area contributed by atoms with Crippen molar-refractivity contribution >= 4 is 17.9 Å². The fourth-order valence-electron chi connectivity index (χ4n) is 3.87. The number of aliphatic hydroxyl groups is 1. The number of ether oxygens (including phenoxy) is 4. The molecule has 2 rings (SSSR count). The van der Waals surface area contributed by atoms with Crippen molar-refractivity contribution in [1.82, 2.24) is 0 Å². The first-order valence-corrected chi connectivity index (χ1v) is 18.9. The summed E-state index contributed by atoms with van der Waals surface area (Å²) in [7, 11) is 1.36. The van der Waals surface area contributed by atoms with Crippen molar-refractivity contribution in [2.75, 3.05) is 33.5 Å². The van der Waals surface area contributed by atoms with Crippen LogP contribution in [-0.4, -0.2) is 56.6 Å². The van der Waals surface area contributed by atoms with Crippen molar-refractivity contribution in [2.45, 2.75) is 70.7 Å². The number of methoxy groups -OCH3 is 1. The van der Waals surface area contributed by atoms with Gasteiger partial charge in [0.2, 0.25) is 0 Å². The van der Waals surface area contributed by atoms with Crippen LogP contribution >= 0.6 is 0 Å². The summed E-state index contributed by atoms with van der Waals surface area (Å²) in [6.07, 6.45) is 0.899. The summed E-state index contributed by atoms with van der Waals surface area (Å²) in [6.45, 7) is 8.66. The van der Waals surface area contributed by atoms with Crippen LogP contribution in [0.1, 0.15) is 62.6 Å². The van der Waals surface area contributed by atoms with E-state index >= 15 is 0 Å². The van der Waals surface area contributed by atoms with E-state index in [0.717, 1.165) is 21.1 Å². The number of nitrogens with zero attached hydrogens (tertiary/aromatic N) is 2. The van der Waals surface area contributed by atoms with E-state index in [2.05, 4.69) is 19.1 Å². The molecule has 0 bridgehead atoms. The first kappa shape index (κ1) is 41.3. The van der Waals surface area contributed by atoms with Crippen molar-refractivity contribution in [3.8, 4) is 17.9 Å². The molecule has 0 aliphatic rings. The number of hydrogen-bond donors (Lipinski definition) is 1. The van der Waals surface area contributed by atoms with E-state index in [1.54, 1.807) is 26.8 Å². The molecular weight excluding hydrogens is 753 g/mol. The molecule has 1 N–H and O–H groups in total. The fraction of sp³-hybridized carbons (Fsp3) is 0.514. The Bertz CT molecular complexity index is 1460. The zero-order valence-corrected chi connectivity index (χ0v) is 31.2. The second-order valence-electron chi connectivity index (χ2n) is 11.4. The first-order valence-electron chi connectivity index (χ1n) is 15.1. The summed E-state index contributed by atoms with van der Waals surface area (Å²) in [5, 5.41) is 28.6. The molecule has 0 aromatic heterocycles. The Morgan fingerprint density at radius 1 is 0.812 bits per heavy atom. The number of benzene rings is 2. The molecule has 0 saturated carbocycles. The van der Waals surface area contributed by atoms with Crippen molar-refractivity contribution in [3.05, 3.63) is 65.2 Å². The number of hydrogen-bond acceptors (Lipinski definition) is 10. The summed E-state index contributed by atoms with van der Waals surface area (Å²) in [4.78, 5) is 39.8. The van der Waals surface area contributed by atoms with Gasteiger partial charge in [0.25, 0.3) is 0 Å². The van der Waals surface area contributed by atoms with Gasteiger partial charge < -0.3 is 0 Å². The quantitative estimate of drug-likeness (QED) is 0.0945. The summed E-state index contributed by atoms with van der Waals surface area (Å²) in [6, 6.07) is 18.5. The number of carbonyl (C=O) groups is 3. The Morgan fingerprint density at radius 3 is 2.04 bits per heavy atom. The molecule has 0 radical (unpaired) electrons. The molecule has 0 amide bonds. The van der Waals surface area contributed by atoms with Gasteiger partial charge in [0.05, 0.1) is 0 Å². The third-order valence-corrected chi connectivity index (χ3v) is 14.0. The Balaban J connectivity index is 2.08. The van der Waals surface area contributed by atoms with Gasteiger partial charge in [0.15, 0.2) is 0 Å². The van der Waals surface area contributed by atoms with E-state index in [4.69, 9.17) is 24.2 Å². The zero-order chi connectivity index (χ0) is 35.8. The summed E-state index contributed by atoms with van der Waals surface area (Å²) < 4.78 is 19.7. The maximum atomic E-state index is 13.4. The molecular formula is C35H44Co3N2O8. The van der Waals surface area contributed by atoms with Crippen LogP contribution in [-0.2, 0) is 72.7 Å². The molecule has 0 aliphatic carbocycles. The monoisotopic (exact) mass is 797 g/mol. The molecule has 0 saturated heterocycles. The van der Waals surface area contributed by atoms with Gasteiger partial charge in [-0.25, -0.2) is 0 Å². The van der Waals surface area contributed by atoms with E-state index in [1.807, 2.05) is 37.3 Å². The summed E-state index contributed by atoms with van der Waals surface area (Å²) in [5.74, 6) is -1.00. The average molecular weight is 798 g/mol. The normalized spacial score (nSPS) is 14.5. The van der Waals surface area contributed by atoms with E-state index in [1.165, 1.54) is 24.8 Å². The van der Waals surface area contributed by atoms with Crippen LogP contribution in [0.15, 0.2) is 48.5 Å². The average Bonchev–Trinajstić information content (AvgIpc) is 3.10.